The third-order valence-electron chi connectivity index (χ3n) is 5.78. The molecule has 1 aromatic carbocycles. The highest BCUT2D eigenvalue weighted by molar-refractivity contribution is 7.98. The first-order valence-corrected chi connectivity index (χ1v) is 11.3. The number of fused-ring (bicyclic) bond motifs is 2. The summed E-state index contributed by atoms with van der Waals surface area (Å²) in [7, 11) is 0. The SMILES string of the molecule is CSc1ncc2c(n1)C(=O)N(C1CCCN(CC3COc4ccccc4O3)C1)C2. The Morgan fingerprint density at radius 2 is 2.14 bits per heavy atom. The smallest absolute Gasteiger partial charge is 0.273 e. The van der Waals surface area contributed by atoms with E-state index in [4.69, 9.17) is 9.47 Å². The summed E-state index contributed by atoms with van der Waals surface area (Å²) in [6.45, 7) is 3.83. The summed E-state index contributed by atoms with van der Waals surface area (Å²) in [5.74, 6) is 1.66. The maximum atomic E-state index is 13.0. The van der Waals surface area contributed by atoms with Crippen molar-refractivity contribution in [3.8, 4) is 11.5 Å². The van der Waals surface area contributed by atoms with Gasteiger partial charge in [0, 0.05) is 30.9 Å². The summed E-state index contributed by atoms with van der Waals surface area (Å²) in [5.41, 5.74) is 1.51. The number of rotatable bonds is 4. The summed E-state index contributed by atoms with van der Waals surface area (Å²) < 4.78 is 12.0. The highest BCUT2D eigenvalue weighted by Gasteiger charge is 2.37. The molecular formula is C21H24N4O3S. The van der Waals surface area contributed by atoms with Gasteiger partial charge >= 0.3 is 0 Å². The topological polar surface area (TPSA) is 67.8 Å². The first kappa shape index (κ1) is 18.7. The number of benzene rings is 1. The van der Waals surface area contributed by atoms with Gasteiger partial charge in [-0.25, -0.2) is 9.97 Å². The van der Waals surface area contributed by atoms with E-state index in [9.17, 15) is 4.79 Å². The highest BCUT2D eigenvalue weighted by Crippen LogP contribution is 2.32. The predicted octanol–water partition coefficient (Wildman–Crippen LogP) is 2.46. The Kier molecular flexibility index (Phi) is 5.05. The van der Waals surface area contributed by atoms with E-state index < -0.39 is 0 Å². The average molecular weight is 413 g/mol. The van der Waals surface area contributed by atoms with Crippen LogP contribution in [-0.2, 0) is 6.54 Å². The number of carbonyl (C=O) groups excluding carboxylic acids is 1. The lowest BCUT2D eigenvalue weighted by Crippen LogP contribution is -2.51. The van der Waals surface area contributed by atoms with E-state index in [1.54, 1.807) is 6.20 Å². The van der Waals surface area contributed by atoms with E-state index in [2.05, 4.69) is 14.9 Å². The number of para-hydroxylation sites is 2. The summed E-state index contributed by atoms with van der Waals surface area (Å²) in [5, 5.41) is 0.652. The molecule has 0 radical (unpaired) electrons. The first-order valence-electron chi connectivity index (χ1n) is 10.0. The molecule has 2 aromatic rings. The van der Waals surface area contributed by atoms with Crippen LogP contribution in [0.3, 0.4) is 0 Å². The average Bonchev–Trinajstić information content (AvgIpc) is 3.10. The van der Waals surface area contributed by atoms with Gasteiger partial charge in [-0.2, -0.15) is 0 Å². The van der Waals surface area contributed by atoms with E-state index in [1.807, 2.05) is 35.4 Å². The Labute approximate surface area is 174 Å². The Morgan fingerprint density at radius 3 is 3.00 bits per heavy atom. The van der Waals surface area contributed by atoms with Crippen LogP contribution in [-0.4, -0.2) is 70.3 Å². The van der Waals surface area contributed by atoms with Crippen LogP contribution >= 0.6 is 11.8 Å². The Morgan fingerprint density at radius 1 is 1.28 bits per heavy atom. The summed E-state index contributed by atoms with van der Waals surface area (Å²) in [6.07, 6.45) is 5.82. The summed E-state index contributed by atoms with van der Waals surface area (Å²) in [6, 6.07) is 7.99. The lowest BCUT2D eigenvalue weighted by Gasteiger charge is -2.39. The molecule has 8 heteroatoms. The number of ether oxygens (including phenoxy) is 2. The van der Waals surface area contributed by atoms with Crippen molar-refractivity contribution in [2.24, 2.45) is 0 Å². The molecule has 5 rings (SSSR count). The number of hydrogen-bond acceptors (Lipinski definition) is 7. The molecule has 2 atom stereocenters. The van der Waals surface area contributed by atoms with Crippen molar-refractivity contribution in [2.75, 3.05) is 32.5 Å². The van der Waals surface area contributed by atoms with Crippen LogP contribution in [0.5, 0.6) is 11.5 Å². The molecular weight excluding hydrogens is 388 g/mol. The Hall–Kier alpha value is -2.32. The number of carbonyl (C=O) groups is 1. The van der Waals surface area contributed by atoms with Gasteiger partial charge in [-0.05, 0) is 37.8 Å². The van der Waals surface area contributed by atoms with Crippen LogP contribution in [0.4, 0.5) is 0 Å². The third-order valence-corrected chi connectivity index (χ3v) is 6.34. The van der Waals surface area contributed by atoms with E-state index in [0.717, 1.165) is 49.5 Å². The van der Waals surface area contributed by atoms with Gasteiger partial charge in [0.25, 0.3) is 5.91 Å². The Balaban J connectivity index is 1.23. The molecule has 1 fully saturated rings. The monoisotopic (exact) mass is 412 g/mol. The number of aromatic nitrogens is 2. The van der Waals surface area contributed by atoms with E-state index in [-0.39, 0.29) is 18.1 Å². The summed E-state index contributed by atoms with van der Waals surface area (Å²) >= 11 is 1.46. The minimum absolute atomic E-state index is 0.00475. The molecule has 29 heavy (non-hydrogen) atoms. The minimum Gasteiger partial charge on any atom is -0.486 e. The molecule has 1 saturated heterocycles. The zero-order valence-electron chi connectivity index (χ0n) is 16.4. The van der Waals surface area contributed by atoms with Crippen LogP contribution in [0, 0.1) is 0 Å². The predicted molar refractivity (Wildman–Crippen MR) is 110 cm³/mol. The van der Waals surface area contributed by atoms with Crippen LogP contribution in [0.2, 0.25) is 0 Å². The van der Waals surface area contributed by atoms with Crippen molar-refractivity contribution in [1.29, 1.82) is 0 Å². The quantitative estimate of drug-likeness (QED) is 0.564. The maximum absolute atomic E-state index is 13.0. The normalized spacial score (nSPS) is 23.9. The second-order valence-corrected chi connectivity index (χ2v) is 8.49. The zero-order chi connectivity index (χ0) is 19.8. The second-order valence-electron chi connectivity index (χ2n) is 7.72. The maximum Gasteiger partial charge on any atom is 0.273 e. The fourth-order valence-electron chi connectivity index (χ4n) is 4.37. The number of amides is 1. The third kappa shape index (κ3) is 3.67. The van der Waals surface area contributed by atoms with Crippen molar-refractivity contribution in [3.05, 3.63) is 41.7 Å². The van der Waals surface area contributed by atoms with Gasteiger partial charge in [-0.15, -0.1) is 0 Å². The summed E-state index contributed by atoms with van der Waals surface area (Å²) in [4.78, 5) is 26.1. The minimum atomic E-state index is 0.00475. The number of nitrogens with zero attached hydrogens (tertiary/aromatic N) is 4. The fourth-order valence-corrected chi connectivity index (χ4v) is 4.71. The molecule has 3 aliphatic heterocycles. The second kappa shape index (κ2) is 7.84. The molecule has 0 spiro atoms. The molecule has 0 N–H and O–H groups in total. The van der Waals surface area contributed by atoms with Crippen LogP contribution in [0.15, 0.2) is 35.6 Å². The van der Waals surface area contributed by atoms with Gasteiger partial charge in [-0.1, -0.05) is 23.9 Å². The van der Waals surface area contributed by atoms with Gasteiger partial charge in [0.1, 0.15) is 18.4 Å². The van der Waals surface area contributed by atoms with Crippen molar-refractivity contribution in [1.82, 2.24) is 19.8 Å². The number of likely N-dealkylation sites (tertiary alicyclic amines) is 1. The lowest BCUT2D eigenvalue weighted by atomic mass is 10.0. The number of hydrogen-bond donors (Lipinski definition) is 0. The van der Waals surface area contributed by atoms with Crippen molar-refractivity contribution < 1.29 is 14.3 Å². The molecule has 2 unspecified atom stereocenters. The molecule has 0 aliphatic carbocycles. The van der Waals surface area contributed by atoms with Crippen molar-refractivity contribution in [2.45, 2.75) is 36.7 Å². The van der Waals surface area contributed by atoms with E-state index >= 15 is 0 Å². The van der Waals surface area contributed by atoms with Gasteiger partial charge in [-0.3, -0.25) is 9.69 Å². The van der Waals surface area contributed by atoms with Crippen molar-refractivity contribution in [3.63, 3.8) is 0 Å². The van der Waals surface area contributed by atoms with Gasteiger partial charge in [0.2, 0.25) is 0 Å². The first-order chi connectivity index (χ1) is 14.2. The molecule has 3 aliphatic rings. The van der Waals surface area contributed by atoms with Crippen LogP contribution in [0.1, 0.15) is 28.9 Å². The van der Waals surface area contributed by atoms with Crippen LogP contribution in [0.25, 0.3) is 0 Å². The Bertz CT molecular complexity index is 925. The highest BCUT2D eigenvalue weighted by atomic mass is 32.2. The largest absolute Gasteiger partial charge is 0.486 e. The molecule has 1 aromatic heterocycles. The lowest BCUT2D eigenvalue weighted by molar-refractivity contribution is 0.0305. The van der Waals surface area contributed by atoms with Gasteiger partial charge in [0.15, 0.2) is 16.7 Å². The van der Waals surface area contributed by atoms with Crippen LogP contribution < -0.4 is 9.47 Å². The molecule has 152 valence electrons. The van der Waals surface area contributed by atoms with E-state index in [0.29, 0.717) is 24.0 Å². The van der Waals surface area contributed by atoms with Crippen molar-refractivity contribution >= 4 is 17.7 Å². The zero-order valence-corrected chi connectivity index (χ0v) is 17.2. The number of thioether (sulfide) groups is 1. The fraction of sp³-hybridized carbons (Fsp3) is 0.476. The van der Waals surface area contributed by atoms with Gasteiger partial charge in [0.05, 0.1) is 6.54 Å². The molecule has 0 bridgehead atoms. The van der Waals surface area contributed by atoms with E-state index in [1.165, 1.54) is 11.8 Å². The number of piperidine rings is 1. The standard InChI is InChI=1S/C21H24N4O3S/c1-29-21-22-9-14-10-25(20(26)19(14)23-21)15-5-4-8-24(11-15)12-16-13-27-17-6-2-3-7-18(17)28-16/h2-3,6-7,9,15-16H,4-5,8,10-13H2,1H3. The molecule has 1 amide bonds. The van der Waals surface area contributed by atoms with Gasteiger partial charge < -0.3 is 14.4 Å². The molecule has 0 saturated carbocycles. The molecule has 4 heterocycles. The molecule has 7 nitrogen and oxygen atoms in total.